The molecule has 0 radical (unpaired) electrons. The predicted molar refractivity (Wildman–Crippen MR) is 30.1 cm³/mol. The summed E-state index contributed by atoms with van der Waals surface area (Å²) >= 11 is 0. The zero-order chi connectivity index (χ0) is 6.85. The predicted octanol–water partition coefficient (Wildman–Crippen LogP) is -0.00860. The Hall–Kier alpha value is -1.52. The van der Waals surface area contributed by atoms with E-state index in [1.807, 2.05) is 0 Å². The van der Waals surface area contributed by atoms with Crippen molar-refractivity contribution in [2.24, 2.45) is 0 Å². The second-order valence-corrected chi connectivity index (χ2v) is 1.49. The molecule has 1 heterocycles. The average molecular weight is 127 g/mol. The summed E-state index contributed by atoms with van der Waals surface area (Å²) in [4.78, 5) is 13.6. The number of carboxylic acid groups (broad SMARTS) is 1. The van der Waals surface area contributed by atoms with Crippen LogP contribution in [0.1, 0.15) is 0 Å². The second kappa shape index (κ2) is 1.77. The van der Waals surface area contributed by atoms with Gasteiger partial charge < -0.3 is 10.8 Å². The molecule has 0 aliphatic carbocycles. The third kappa shape index (κ3) is 0.987. The van der Waals surface area contributed by atoms with Crippen molar-refractivity contribution in [3.05, 3.63) is 12.5 Å². The fraction of sp³-hybridized carbons (Fsp3) is 0. The first-order valence-electron chi connectivity index (χ1n) is 2.23. The molecule has 0 saturated heterocycles. The van der Waals surface area contributed by atoms with Gasteiger partial charge in [0.15, 0.2) is 0 Å². The van der Waals surface area contributed by atoms with Gasteiger partial charge in [0.05, 0.1) is 6.20 Å². The molecular formula is C4H5N3O2. The summed E-state index contributed by atoms with van der Waals surface area (Å²) in [5.74, 6) is 0.206. The molecule has 9 heavy (non-hydrogen) atoms. The molecule has 0 spiro atoms. The summed E-state index contributed by atoms with van der Waals surface area (Å²) in [6.45, 7) is 0. The van der Waals surface area contributed by atoms with Gasteiger partial charge in [-0.3, -0.25) is 0 Å². The smallest absolute Gasteiger partial charge is 0.416 e. The summed E-state index contributed by atoms with van der Waals surface area (Å²) in [7, 11) is 0. The molecule has 0 unspecified atom stereocenters. The minimum atomic E-state index is -1.08. The normalized spacial score (nSPS) is 9.33. The zero-order valence-electron chi connectivity index (χ0n) is 4.48. The minimum absolute atomic E-state index is 0.206. The number of imidazole rings is 1. The Balaban J connectivity index is 2.98. The highest BCUT2D eigenvalue weighted by Crippen LogP contribution is 1.94. The van der Waals surface area contributed by atoms with Gasteiger partial charge in [0, 0.05) is 0 Å². The number of nitrogens with two attached hydrogens (primary N) is 1. The molecule has 1 aromatic rings. The van der Waals surface area contributed by atoms with Crippen molar-refractivity contribution < 1.29 is 9.90 Å². The molecule has 1 rings (SSSR count). The number of hydrogen-bond donors (Lipinski definition) is 2. The summed E-state index contributed by atoms with van der Waals surface area (Å²) < 4.78 is 0.884. The van der Waals surface area contributed by atoms with Gasteiger partial charge in [0.2, 0.25) is 0 Å². The van der Waals surface area contributed by atoms with Crippen LogP contribution in [0, 0.1) is 0 Å². The van der Waals surface area contributed by atoms with E-state index in [1.54, 1.807) is 0 Å². The van der Waals surface area contributed by atoms with E-state index >= 15 is 0 Å². The van der Waals surface area contributed by atoms with E-state index < -0.39 is 6.09 Å². The molecule has 5 heteroatoms. The number of hydrogen-bond acceptors (Lipinski definition) is 3. The summed E-state index contributed by atoms with van der Waals surface area (Å²) in [5.41, 5.74) is 5.12. The molecule has 0 aromatic carbocycles. The highest BCUT2D eigenvalue weighted by atomic mass is 16.4. The molecule has 0 aliphatic rings. The van der Waals surface area contributed by atoms with E-state index in [0.717, 1.165) is 10.9 Å². The number of aromatic nitrogens is 2. The van der Waals surface area contributed by atoms with Crippen molar-refractivity contribution in [1.29, 1.82) is 0 Å². The van der Waals surface area contributed by atoms with Crippen molar-refractivity contribution in [3.8, 4) is 0 Å². The maximum Gasteiger partial charge on any atom is 0.416 e. The number of nitrogen functional groups attached to an aromatic ring is 1. The molecule has 5 nitrogen and oxygen atoms in total. The van der Waals surface area contributed by atoms with E-state index in [2.05, 4.69) is 4.98 Å². The van der Waals surface area contributed by atoms with Gasteiger partial charge in [-0.05, 0) is 0 Å². The van der Waals surface area contributed by atoms with Crippen LogP contribution in [0.15, 0.2) is 12.5 Å². The quantitative estimate of drug-likeness (QED) is 0.513. The second-order valence-electron chi connectivity index (χ2n) is 1.49. The van der Waals surface area contributed by atoms with Crippen LogP contribution in [0.4, 0.5) is 10.6 Å². The van der Waals surface area contributed by atoms with Crippen molar-refractivity contribution in [2.45, 2.75) is 0 Å². The molecule has 1 aromatic heterocycles. The standard InChI is InChI=1S/C4H5N3O2/c5-3-1-7(2-6-3)4(8)9/h1-2H,5H2,(H,8,9). The van der Waals surface area contributed by atoms with Gasteiger partial charge in [0.1, 0.15) is 12.1 Å². The third-order valence-corrected chi connectivity index (χ3v) is 0.823. The Labute approximate surface area is 50.7 Å². The third-order valence-electron chi connectivity index (χ3n) is 0.823. The van der Waals surface area contributed by atoms with Crippen LogP contribution in [0.5, 0.6) is 0 Å². The van der Waals surface area contributed by atoms with Gasteiger partial charge in [0.25, 0.3) is 0 Å². The van der Waals surface area contributed by atoms with Crippen LogP contribution in [-0.4, -0.2) is 20.8 Å². The molecule has 0 aliphatic heterocycles. The number of anilines is 1. The summed E-state index contributed by atoms with van der Waals surface area (Å²) in [6.07, 6.45) is 1.28. The zero-order valence-corrected chi connectivity index (χ0v) is 4.48. The van der Waals surface area contributed by atoms with Crippen LogP contribution in [0.2, 0.25) is 0 Å². The maximum atomic E-state index is 10.1. The lowest BCUT2D eigenvalue weighted by atomic mass is 10.8. The van der Waals surface area contributed by atoms with Crippen LogP contribution in [-0.2, 0) is 0 Å². The maximum absolute atomic E-state index is 10.1. The SMILES string of the molecule is Nc1cn(C(=O)O)cn1. The Morgan fingerprint density at radius 1 is 1.89 bits per heavy atom. The highest BCUT2D eigenvalue weighted by molar-refractivity contribution is 5.68. The number of rotatable bonds is 0. The Morgan fingerprint density at radius 3 is 2.78 bits per heavy atom. The van der Waals surface area contributed by atoms with Crippen LogP contribution >= 0.6 is 0 Å². The van der Waals surface area contributed by atoms with Crippen molar-refractivity contribution in [3.63, 3.8) is 0 Å². The molecule has 0 bridgehead atoms. The molecular weight excluding hydrogens is 122 g/mol. The highest BCUT2D eigenvalue weighted by Gasteiger charge is 1.98. The van der Waals surface area contributed by atoms with E-state index in [1.165, 1.54) is 6.20 Å². The van der Waals surface area contributed by atoms with E-state index in [0.29, 0.717) is 0 Å². The van der Waals surface area contributed by atoms with Crippen molar-refractivity contribution >= 4 is 11.9 Å². The first-order valence-corrected chi connectivity index (χ1v) is 2.23. The molecule has 0 amide bonds. The molecule has 48 valence electrons. The molecule has 0 atom stereocenters. The Bertz CT molecular complexity index is 229. The first-order chi connectivity index (χ1) is 4.20. The van der Waals surface area contributed by atoms with Crippen LogP contribution in [0.3, 0.4) is 0 Å². The largest absolute Gasteiger partial charge is 0.464 e. The lowest BCUT2D eigenvalue weighted by Gasteiger charge is -1.86. The lowest BCUT2D eigenvalue weighted by Crippen LogP contribution is -2.03. The Kier molecular flexibility index (Phi) is 1.11. The van der Waals surface area contributed by atoms with E-state index in [9.17, 15) is 4.79 Å². The Morgan fingerprint density at radius 2 is 2.56 bits per heavy atom. The average Bonchev–Trinajstić information content (AvgIpc) is 2.14. The summed E-state index contributed by atoms with van der Waals surface area (Å²) in [6, 6.07) is 0. The number of carbonyl (C=O) groups is 1. The number of nitrogens with zero attached hydrogens (tertiary/aromatic N) is 2. The lowest BCUT2D eigenvalue weighted by molar-refractivity contribution is 0.196. The van der Waals surface area contributed by atoms with Crippen LogP contribution < -0.4 is 5.73 Å². The first kappa shape index (κ1) is 5.61. The summed E-state index contributed by atoms with van der Waals surface area (Å²) in [5, 5.41) is 8.27. The van der Waals surface area contributed by atoms with Gasteiger partial charge in [-0.25, -0.2) is 14.3 Å². The topological polar surface area (TPSA) is 81.1 Å². The molecule has 0 fully saturated rings. The minimum Gasteiger partial charge on any atom is -0.464 e. The van der Waals surface area contributed by atoms with Gasteiger partial charge in [-0.1, -0.05) is 0 Å². The van der Waals surface area contributed by atoms with E-state index in [4.69, 9.17) is 10.8 Å². The molecule has 0 saturated carbocycles. The van der Waals surface area contributed by atoms with Crippen LogP contribution in [0.25, 0.3) is 0 Å². The van der Waals surface area contributed by atoms with Gasteiger partial charge >= 0.3 is 6.09 Å². The fourth-order valence-corrected chi connectivity index (χ4v) is 0.443. The monoisotopic (exact) mass is 127 g/mol. The van der Waals surface area contributed by atoms with Crippen molar-refractivity contribution in [1.82, 2.24) is 9.55 Å². The molecule has 3 N–H and O–H groups in total. The van der Waals surface area contributed by atoms with Crippen molar-refractivity contribution in [2.75, 3.05) is 5.73 Å². The van der Waals surface area contributed by atoms with Gasteiger partial charge in [-0.15, -0.1) is 0 Å². The van der Waals surface area contributed by atoms with Gasteiger partial charge in [-0.2, -0.15) is 0 Å². The van der Waals surface area contributed by atoms with E-state index in [-0.39, 0.29) is 5.82 Å². The fourth-order valence-electron chi connectivity index (χ4n) is 0.443.